The largest absolute Gasteiger partial charge is 0.388 e. The van der Waals surface area contributed by atoms with Crippen LogP contribution in [0, 0.1) is 6.92 Å². The number of aromatic nitrogens is 1. The van der Waals surface area contributed by atoms with Gasteiger partial charge in [-0.25, -0.2) is 4.98 Å². The fourth-order valence-electron chi connectivity index (χ4n) is 2.84. The summed E-state index contributed by atoms with van der Waals surface area (Å²) in [5.41, 5.74) is 2.24. The first kappa shape index (κ1) is 15.2. The summed E-state index contributed by atoms with van der Waals surface area (Å²) >= 11 is 1.66. The molecular formula is C17H23NOS. The predicted octanol–water partition coefficient (Wildman–Crippen LogP) is 4.61. The van der Waals surface area contributed by atoms with E-state index in [4.69, 9.17) is 4.98 Å². The molecule has 0 amide bonds. The van der Waals surface area contributed by atoms with Gasteiger partial charge in [0.2, 0.25) is 0 Å². The summed E-state index contributed by atoms with van der Waals surface area (Å²) in [6.07, 6.45) is 1.59. The van der Waals surface area contributed by atoms with Crippen molar-refractivity contribution in [3.8, 4) is 0 Å². The molecule has 1 unspecified atom stereocenters. The topological polar surface area (TPSA) is 33.1 Å². The third-order valence-electron chi connectivity index (χ3n) is 4.15. The van der Waals surface area contributed by atoms with Crippen LogP contribution < -0.4 is 0 Å². The molecule has 1 heterocycles. The fraction of sp³-hybridized carbons (Fsp3) is 0.471. The number of hydrogen-bond donors (Lipinski definition) is 1. The van der Waals surface area contributed by atoms with Gasteiger partial charge in [0.15, 0.2) is 0 Å². The molecule has 0 radical (unpaired) electrons. The van der Waals surface area contributed by atoms with Gasteiger partial charge in [-0.3, -0.25) is 0 Å². The van der Waals surface area contributed by atoms with E-state index in [1.165, 1.54) is 5.56 Å². The minimum atomic E-state index is -0.441. The lowest BCUT2D eigenvalue weighted by Crippen LogP contribution is -2.25. The molecule has 1 aromatic heterocycles. The van der Waals surface area contributed by atoms with Crippen LogP contribution in [-0.2, 0) is 5.41 Å². The SMILES string of the molecule is CCC(CC)(c1ccccc1)c1nc(C)c(C(C)O)s1. The summed E-state index contributed by atoms with van der Waals surface area (Å²) in [5, 5.41) is 11.0. The van der Waals surface area contributed by atoms with Crippen molar-refractivity contribution in [1.82, 2.24) is 4.98 Å². The molecule has 2 nitrogen and oxygen atoms in total. The molecule has 0 fully saturated rings. The average molecular weight is 289 g/mol. The van der Waals surface area contributed by atoms with Gasteiger partial charge in [0.1, 0.15) is 5.01 Å². The molecule has 3 heteroatoms. The van der Waals surface area contributed by atoms with Crippen LogP contribution in [0.15, 0.2) is 30.3 Å². The second-order valence-corrected chi connectivity index (χ2v) is 6.33. The molecule has 0 aliphatic rings. The lowest BCUT2D eigenvalue weighted by atomic mass is 9.76. The molecule has 108 valence electrons. The second-order valence-electron chi connectivity index (χ2n) is 5.30. The zero-order valence-electron chi connectivity index (χ0n) is 12.7. The Hall–Kier alpha value is -1.19. The van der Waals surface area contributed by atoms with E-state index in [0.717, 1.165) is 28.4 Å². The highest BCUT2D eigenvalue weighted by molar-refractivity contribution is 7.12. The van der Waals surface area contributed by atoms with Gasteiger partial charge >= 0.3 is 0 Å². The van der Waals surface area contributed by atoms with Gasteiger partial charge in [-0.2, -0.15) is 0 Å². The van der Waals surface area contributed by atoms with Crippen LogP contribution >= 0.6 is 11.3 Å². The Balaban J connectivity index is 2.57. The summed E-state index contributed by atoms with van der Waals surface area (Å²) in [7, 11) is 0. The van der Waals surface area contributed by atoms with E-state index >= 15 is 0 Å². The van der Waals surface area contributed by atoms with Crippen LogP contribution in [0.2, 0.25) is 0 Å². The highest BCUT2D eigenvalue weighted by atomic mass is 32.1. The maximum Gasteiger partial charge on any atom is 0.104 e. The van der Waals surface area contributed by atoms with Crippen molar-refractivity contribution < 1.29 is 5.11 Å². The third kappa shape index (κ3) is 2.52. The number of aliphatic hydroxyl groups excluding tert-OH is 1. The van der Waals surface area contributed by atoms with Gasteiger partial charge in [-0.1, -0.05) is 44.2 Å². The van der Waals surface area contributed by atoms with Crippen LogP contribution in [0.1, 0.15) is 60.9 Å². The molecular weight excluding hydrogens is 266 g/mol. The monoisotopic (exact) mass is 289 g/mol. The van der Waals surface area contributed by atoms with E-state index in [-0.39, 0.29) is 5.41 Å². The zero-order valence-corrected chi connectivity index (χ0v) is 13.5. The van der Waals surface area contributed by atoms with Gasteiger partial charge in [0.05, 0.1) is 16.7 Å². The standard InChI is InChI=1S/C17H23NOS/c1-5-17(6-2,14-10-8-7-9-11-14)16-18-12(3)15(20-16)13(4)19/h7-11,13,19H,5-6H2,1-4H3. The van der Waals surface area contributed by atoms with Crippen LogP contribution in [0.4, 0.5) is 0 Å². The van der Waals surface area contributed by atoms with Gasteiger partial charge in [-0.05, 0) is 32.3 Å². The first-order valence-corrected chi connectivity index (χ1v) is 8.08. The summed E-state index contributed by atoms with van der Waals surface area (Å²) in [5.74, 6) is 0. The smallest absolute Gasteiger partial charge is 0.104 e. The van der Waals surface area contributed by atoms with Gasteiger partial charge in [-0.15, -0.1) is 11.3 Å². The van der Waals surface area contributed by atoms with Crippen molar-refractivity contribution in [1.29, 1.82) is 0 Å². The minimum absolute atomic E-state index is 0.0379. The van der Waals surface area contributed by atoms with Crippen LogP contribution in [0.5, 0.6) is 0 Å². The number of benzene rings is 1. The molecule has 2 aromatic rings. The van der Waals surface area contributed by atoms with Crippen LogP contribution in [-0.4, -0.2) is 10.1 Å². The highest BCUT2D eigenvalue weighted by Gasteiger charge is 2.34. The lowest BCUT2D eigenvalue weighted by molar-refractivity contribution is 0.202. The van der Waals surface area contributed by atoms with Gasteiger partial charge in [0.25, 0.3) is 0 Å². The van der Waals surface area contributed by atoms with E-state index in [2.05, 4.69) is 38.1 Å². The van der Waals surface area contributed by atoms with E-state index in [0.29, 0.717) is 0 Å². The number of aliphatic hydroxyl groups is 1. The molecule has 0 saturated carbocycles. The number of nitrogens with zero attached hydrogens (tertiary/aromatic N) is 1. The van der Waals surface area contributed by atoms with Crippen LogP contribution in [0.3, 0.4) is 0 Å². The fourth-order valence-corrected chi connectivity index (χ4v) is 4.20. The predicted molar refractivity (Wildman–Crippen MR) is 85.3 cm³/mol. The highest BCUT2D eigenvalue weighted by Crippen LogP contribution is 2.42. The summed E-state index contributed by atoms with van der Waals surface area (Å²) in [6, 6.07) is 10.6. The van der Waals surface area contributed by atoms with Crippen molar-refractivity contribution in [2.45, 2.75) is 52.1 Å². The molecule has 2 rings (SSSR count). The van der Waals surface area contributed by atoms with E-state index < -0.39 is 6.10 Å². The quantitative estimate of drug-likeness (QED) is 0.872. The summed E-state index contributed by atoms with van der Waals surface area (Å²) in [4.78, 5) is 5.77. The molecule has 0 saturated heterocycles. The Bertz CT molecular complexity index is 556. The molecule has 1 N–H and O–H groups in total. The number of hydrogen-bond acceptors (Lipinski definition) is 3. The van der Waals surface area contributed by atoms with Crippen molar-refractivity contribution in [2.24, 2.45) is 0 Å². The Morgan fingerprint density at radius 1 is 1.20 bits per heavy atom. The molecule has 1 aromatic carbocycles. The van der Waals surface area contributed by atoms with Crippen molar-refractivity contribution in [3.05, 3.63) is 51.5 Å². The Morgan fingerprint density at radius 2 is 1.80 bits per heavy atom. The molecule has 0 aliphatic carbocycles. The average Bonchev–Trinajstić information content (AvgIpc) is 2.85. The first-order valence-electron chi connectivity index (χ1n) is 7.26. The second kappa shape index (κ2) is 6.06. The van der Waals surface area contributed by atoms with Crippen LogP contribution in [0.25, 0.3) is 0 Å². The van der Waals surface area contributed by atoms with E-state index in [9.17, 15) is 5.11 Å². The molecule has 0 aliphatic heterocycles. The summed E-state index contributed by atoms with van der Waals surface area (Å²) < 4.78 is 0. The maximum atomic E-state index is 9.87. The molecule has 20 heavy (non-hydrogen) atoms. The van der Waals surface area contributed by atoms with E-state index in [1.54, 1.807) is 11.3 Å². The number of aryl methyl sites for hydroxylation is 1. The van der Waals surface area contributed by atoms with E-state index in [1.807, 2.05) is 19.9 Å². The van der Waals surface area contributed by atoms with Crippen molar-refractivity contribution in [2.75, 3.05) is 0 Å². The Morgan fingerprint density at radius 3 is 2.25 bits per heavy atom. The minimum Gasteiger partial charge on any atom is -0.388 e. The third-order valence-corrected chi connectivity index (χ3v) is 5.69. The van der Waals surface area contributed by atoms with Crippen molar-refractivity contribution >= 4 is 11.3 Å². The maximum absolute atomic E-state index is 9.87. The number of rotatable bonds is 5. The lowest BCUT2D eigenvalue weighted by Gasteiger charge is -2.30. The first-order chi connectivity index (χ1) is 9.55. The normalized spacial score (nSPS) is 13.4. The molecule has 0 bridgehead atoms. The van der Waals surface area contributed by atoms with Gasteiger partial charge < -0.3 is 5.11 Å². The number of thiazole rings is 1. The Kier molecular flexibility index (Phi) is 4.61. The van der Waals surface area contributed by atoms with Gasteiger partial charge in [0, 0.05) is 5.41 Å². The zero-order chi connectivity index (χ0) is 14.8. The van der Waals surface area contributed by atoms with Crippen molar-refractivity contribution in [3.63, 3.8) is 0 Å². The molecule has 0 spiro atoms. The summed E-state index contributed by atoms with van der Waals surface area (Å²) in [6.45, 7) is 8.24. The Labute approximate surface area is 125 Å². The molecule has 1 atom stereocenters.